The summed E-state index contributed by atoms with van der Waals surface area (Å²) in [6, 6.07) is 2.18. The summed E-state index contributed by atoms with van der Waals surface area (Å²) in [6.07, 6.45) is 1.05. The Morgan fingerprint density at radius 2 is 2.11 bits per heavy atom. The Bertz CT molecular complexity index is 368. The minimum atomic E-state index is 0.337. The predicted molar refractivity (Wildman–Crippen MR) is 74.2 cm³/mol. The van der Waals surface area contributed by atoms with Gasteiger partial charge in [-0.2, -0.15) is 4.98 Å². The number of nitrogens with one attached hydrogen (secondary N) is 1. The molecule has 1 unspecified atom stereocenters. The van der Waals surface area contributed by atoms with Gasteiger partial charge in [0.2, 0.25) is 11.8 Å². The molecule has 0 radical (unpaired) electrons. The van der Waals surface area contributed by atoms with Crippen LogP contribution in [0.25, 0.3) is 0 Å². The van der Waals surface area contributed by atoms with E-state index in [1.54, 1.807) is 0 Å². The lowest BCUT2D eigenvalue weighted by molar-refractivity contribution is 0.326. The summed E-state index contributed by atoms with van der Waals surface area (Å²) in [5, 5.41) is 3.31. The van der Waals surface area contributed by atoms with Crippen LogP contribution in [0.2, 0.25) is 0 Å². The molecular formula is C13H24N4O. The van der Waals surface area contributed by atoms with Gasteiger partial charge in [0.1, 0.15) is 0 Å². The van der Waals surface area contributed by atoms with Crippen molar-refractivity contribution in [3.05, 3.63) is 11.8 Å². The van der Waals surface area contributed by atoms with Crippen LogP contribution in [-0.4, -0.2) is 48.2 Å². The largest absolute Gasteiger partial charge is 0.478 e. The van der Waals surface area contributed by atoms with Gasteiger partial charge in [0.15, 0.2) is 0 Å². The number of hydrogen-bond donors (Lipinski definition) is 1. The van der Waals surface area contributed by atoms with Crippen molar-refractivity contribution in [2.45, 2.75) is 33.2 Å². The van der Waals surface area contributed by atoms with Crippen molar-refractivity contribution >= 4 is 5.95 Å². The van der Waals surface area contributed by atoms with Crippen molar-refractivity contribution < 1.29 is 4.74 Å². The third-order valence-electron chi connectivity index (χ3n) is 2.51. The molecule has 1 aromatic rings. The minimum Gasteiger partial charge on any atom is -0.478 e. The summed E-state index contributed by atoms with van der Waals surface area (Å²) >= 11 is 0. The van der Waals surface area contributed by atoms with E-state index in [2.05, 4.69) is 41.2 Å². The third kappa shape index (κ3) is 5.31. The quantitative estimate of drug-likeness (QED) is 0.803. The molecule has 18 heavy (non-hydrogen) atoms. The second-order valence-corrected chi connectivity index (χ2v) is 4.74. The molecule has 0 aromatic carbocycles. The summed E-state index contributed by atoms with van der Waals surface area (Å²) < 4.78 is 5.41. The smallest absolute Gasteiger partial charge is 0.226 e. The summed E-state index contributed by atoms with van der Waals surface area (Å²) in [7, 11) is 4.14. The van der Waals surface area contributed by atoms with E-state index in [0.29, 0.717) is 24.5 Å². The topological polar surface area (TPSA) is 50.3 Å². The number of aryl methyl sites for hydroxylation is 1. The van der Waals surface area contributed by atoms with Crippen molar-refractivity contribution in [2.24, 2.45) is 0 Å². The molecule has 1 rings (SSSR count). The van der Waals surface area contributed by atoms with Gasteiger partial charge in [-0.05, 0) is 47.8 Å². The molecule has 0 bridgehead atoms. The van der Waals surface area contributed by atoms with Crippen LogP contribution < -0.4 is 10.1 Å². The second kappa shape index (κ2) is 7.16. The minimum absolute atomic E-state index is 0.337. The highest BCUT2D eigenvalue weighted by atomic mass is 16.5. The number of hydrogen-bond acceptors (Lipinski definition) is 5. The normalized spacial score (nSPS) is 12.6. The van der Waals surface area contributed by atoms with E-state index < -0.39 is 0 Å². The van der Waals surface area contributed by atoms with Gasteiger partial charge in [-0.25, -0.2) is 4.98 Å². The summed E-state index contributed by atoms with van der Waals surface area (Å²) in [4.78, 5) is 10.9. The molecule has 0 aliphatic rings. The molecule has 102 valence electrons. The van der Waals surface area contributed by atoms with Gasteiger partial charge in [-0.3, -0.25) is 0 Å². The summed E-state index contributed by atoms with van der Waals surface area (Å²) in [5.41, 5.74) is 0.913. The van der Waals surface area contributed by atoms with Crippen LogP contribution in [0.4, 0.5) is 5.95 Å². The number of anilines is 1. The average molecular weight is 252 g/mol. The molecule has 0 aliphatic carbocycles. The first-order valence-corrected chi connectivity index (χ1v) is 6.41. The summed E-state index contributed by atoms with van der Waals surface area (Å²) in [5.74, 6) is 1.28. The molecule has 0 saturated heterocycles. The molecule has 5 nitrogen and oxygen atoms in total. The molecule has 0 spiro atoms. The van der Waals surface area contributed by atoms with Crippen molar-refractivity contribution in [3.8, 4) is 5.88 Å². The highest BCUT2D eigenvalue weighted by Gasteiger charge is 2.07. The first-order chi connectivity index (χ1) is 8.51. The second-order valence-electron chi connectivity index (χ2n) is 4.74. The number of nitrogens with zero attached hydrogens (tertiary/aromatic N) is 3. The Balaban J connectivity index is 2.60. The number of aromatic nitrogens is 2. The van der Waals surface area contributed by atoms with Gasteiger partial charge in [0.05, 0.1) is 6.61 Å². The van der Waals surface area contributed by atoms with Crippen molar-refractivity contribution in [1.29, 1.82) is 0 Å². The highest BCUT2D eigenvalue weighted by Crippen LogP contribution is 2.13. The Hall–Kier alpha value is -1.36. The molecule has 0 amide bonds. The van der Waals surface area contributed by atoms with Crippen LogP contribution in [0.5, 0.6) is 5.88 Å². The van der Waals surface area contributed by atoms with Crippen LogP contribution in [0.15, 0.2) is 6.07 Å². The van der Waals surface area contributed by atoms with Crippen molar-refractivity contribution in [1.82, 2.24) is 14.9 Å². The van der Waals surface area contributed by atoms with Crippen LogP contribution >= 0.6 is 0 Å². The maximum atomic E-state index is 5.41. The summed E-state index contributed by atoms with van der Waals surface area (Å²) in [6.45, 7) is 7.68. The van der Waals surface area contributed by atoms with Gasteiger partial charge >= 0.3 is 0 Å². The van der Waals surface area contributed by atoms with E-state index >= 15 is 0 Å². The Labute approximate surface area is 110 Å². The fourth-order valence-corrected chi connectivity index (χ4v) is 1.57. The maximum absolute atomic E-state index is 5.41. The van der Waals surface area contributed by atoms with E-state index in [-0.39, 0.29) is 0 Å². The molecule has 1 N–H and O–H groups in total. The first kappa shape index (κ1) is 14.7. The monoisotopic (exact) mass is 252 g/mol. The zero-order chi connectivity index (χ0) is 13.5. The Morgan fingerprint density at radius 3 is 2.72 bits per heavy atom. The molecule has 1 aromatic heterocycles. The fraction of sp³-hybridized carbons (Fsp3) is 0.692. The Kier molecular flexibility index (Phi) is 5.85. The van der Waals surface area contributed by atoms with E-state index in [4.69, 9.17) is 4.74 Å². The highest BCUT2D eigenvalue weighted by molar-refractivity contribution is 5.31. The predicted octanol–water partition coefficient (Wildman–Crippen LogP) is 1.94. The SMILES string of the molecule is CCOc1cc(C)nc(NC(C)CCN(C)C)n1. The lowest BCUT2D eigenvalue weighted by Gasteiger charge is -2.17. The van der Waals surface area contributed by atoms with Crippen LogP contribution in [0, 0.1) is 6.92 Å². The Morgan fingerprint density at radius 1 is 1.39 bits per heavy atom. The average Bonchev–Trinajstić information content (AvgIpc) is 2.26. The van der Waals surface area contributed by atoms with E-state index in [0.717, 1.165) is 18.7 Å². The molecule has 0 aliphatic heterocycles. The van der Waals surface area contributed by atoms with E-state index in [1.807, 2.05) is 19.9 Å². The maximum Gasteiger partial charge on any atom is 0.226 e. The van der Waals surface area contributed by atoms with Crippen LogP contribution in [0.1, 0.15) is 26.0 Å². The van der Waals surface area contributed by atoms with E-state index in [9.17, 15) is 0 Å². The molecule has 1 atom stereocenters. The number of ether oxygens (including phenoxy) is 1. The lowest BCUT2D eigenvalue weighted by Crippen LogP contribution is -2.24. The molecular weight excluding hydrogens is 228 g/mol. The van der Waals surface area contributed by atoms with Gasteiger partial charge in [-0.1, -0.05) is 0 Å². The fourth-order valence-electron chi connectivity index (χ4n) is 1.57. The van der Waals surface area contributed by atoms with Gasteiger partial charge in [0, 0.05) is 17.8 Å². The van der Waals surface area contributed by atoms with E-state index in [1.165, 1.54) is 0 Å². The molecule has 0 fully saturated rings. The lowest BCUT2D eigenvalue weighted by atomic mass is 10.2. The van der Waals surface area contributed by atoms with Gasteiger partial charge < -0.3 is 15.0 Å². The van der Waals surface area contributed by atoms with Crippen LogP contribution in [0.3, 0.4) is 0 Å². The van der Waals surface area contributed by atoms with Crippen molar-refractivity contribution in [3.63, 3.8) is 0 Å². The standard InChI is InChI=1S/C13H24N4O/c1-6-18-12-9-11(3)15-13(16-12)14-10(2)7-8-17(4)5/h9-10H,6-8H2,1-5H3,(H,14,15,16). The van der Waals surface area contributed by atoms with Crippen molar-refractivity contribution in [2.75, 3.05) is 32.6 Å². The van der Waals surface area contributed by atoms with Gasteiger partial charge in [-0.15, -0.1) is 0 Å². The third-order valence-corrected chi connectivity index (χ3v) is 2.51. The zero-order valence-electron chi connectivity index (χ0n) is 12.0. The zero-order valence-corrected chi connectivity index (χ0v) is 12.0. The van der Waals surface area contributed by atoms with Crippen LogP contribution in [-0.2, 0) is 0 Å². The first-order valence-electron chi connectivity index (χ1n) is 6.41. The number of rotatable bonds is 7. The molecule has 0 saturated carbocycles. The van der Waals surface area contributed by atoms with Gasteiger partial charge in [0.25, 0.3) is 0 Å². The molecule has 5 heteroatoms. The molecule has 1 heterocycles.